The summed E-state index contributed by atoms with van der Waals surface area (Å²) in [6.07, 6.45) is -0.549. The second kappa shape index (κ2) is 7.21. The van der Waals surface area contributed by atoms with E-state index in [0.717, 1.165) is 17.0 Å². The highest BCUT2D eigenvalue weighted by Crippen LogP contribution is 2.39. The SMILES string of the molecule is CNC[C@@H](O)[C@H](c1ccccc1)N1CCOc2ccc(Cl)cc21. The molecule has 0 aliphatic carbocycles. The lowest BCUT2D eigenvalue weighted by Gasteiger charge is -2.40. The molecule has 23 heavy (non-hydrogen) atoms. The van der Waals surface area contributed by atoms with E-state index in [4.69, 9.17) is 16.3 Å². The van der Waals surface area contributed by atoms with Gasteiger partial charge in [0.2, 0.25) is 0 Å². The molecule has 2 atom stereocenters. The molecular formula is C18H21ClN2O2. The van der Waals surface area contributed by atoms with E-state index in [9.17, 15) is 5.11 Å². The lowest BCUT2D eigenvalue weighted by atomic mass is 9.98. The predicted molar refractivity (Wildman–Crippen MR) is 93.4 cm³/mol. The van der Waals surface area contributed by atoms with Crippen LogP contribution in [0, 0.1) is 0 Å². The zero-order valence-electron chi connectivity index (χ0n) is 13.1. The van der Waals surface area contributed by atoms with Crippen LogP contribution in [0.1, 0.15) is 11.6 Å². The Morgan fingerprint density at radius 3 is 2.78 bits per heavy atom. The van der Waals surface area contributed by atoms with E-state index in [2.05, 4.69) is 10.2 Å². The van der Waals surface area contributed by atoms with Gasteiger partial charge in [0.15, 0.2) is 0 Å². The fourth-order valence-corrected chi connectivity index (χ4v) is 3.25. The smallest absolute Gasteiger partial charge is 0.142 e. The second-order valence-electron chi connectivity index (χ2n) is 5.63. The van der Waals surface area contributed by atoms with Gasteiger partial charge in [-0.25, -0.2) is 0 Å². The molecule has 0 saturated carbocycles. The maximum absolute atomic E-state index is 10.7. The highest BCUT2D eigenvalue weighted by atomic mass is 35.5. The highest BCUT2D eigenvalue weighted by molar-refractivity contribution is 6.31. The summed E-state index contributed by atoms with van der Waals surface area (Å²) in [5.41, 5.74) is 2.00. The van der Waals surface area contributed by atoms with E-state index in [0.29, 0.717) is 24.7 Å². The molecule has 2 aromatic carbocycles. The first-order chi connectivity index (χ1) is 11.2. The van der Waals surface area contributed by atoms with Crippen LogP contribution in [0.3, 0.4) is 0 Å². The molecule has 0 amide bonds. The van der Waals surface area contributed by atoms with Crippen LogP contribution in [0.5, 0.6) is 5.75 Å². The van der Waals surface area contributed by atoms with Crippen molar-refractivity contribution >= 4 is 17.3 Å². The molecule has 2 N–H and O–H groups in total. The van der Waals surface area contributed by atoms with Gasteiger partial charge in [0.25, 0.3) is 0 Å². The molecule has 0 unspecified atom stereocenters. The van der Waals surface area contributed by atoms with Crippen LogP contribution in [0.25, 0.3) is 0 Å². The minimum atomic E-state index is -0.549. The number of hydrogen-bond acceptors (Lipinski definition) is 4. The monoisotopic (exact) mass is 332 g/mol. The van der Waals surface area contributed by atoms with Crippen LogP contribution in [0.4, 0.5) is 5.69 Å². The van der Waals surface area contributed by atoms with E-state index < -0.39 is 6.10 Å². The Kier molecular flexibility index (Phi) is 5.06. The van der Waals surface area contributed by atoms with Crippen molar-refractivity contribution < 1.29 is 9.84 Å². The van der Waals surface area contributed by atoms with Crippen molar-refractivity contribution in [1.29, 1.82) is 0 Å². The van der Waals surface area contributed by atoms with E-state index in [1.807, 2.05) is 55.6 Å². The van der Waals surface area contributed by atoms with Crippen LogP contribution < -0.4 is 15.0 Å². The summed E-state index contributed by atoms with van der Waals surface area (Å²) in [6.45, 7) is 1.80. The topological polar surface area (TPSA) is 44.7 Å². The zero-order valence-corrected chi connectivity index (χ0v) is 13.8. The van der Waals surface area contributed by atoms with E-state index in [1.165, 1.54) is 0 Å². The van der Waals surface area contributed by atoms with Crippen LogP contribution in [0.2, 0.25) is 5.02 Å². The van der Waals surface area contributed by atoms with Crippen molar-refractivity contribution in [1.82, 2.24) is 5.32 Å². The third-order valence-corrected chi connectivity index (χ3v) is 4.31. The van der Waals surface area contributed by atoms with Crippen LogP contribution in [-0.2, 0) is 0 Å². The Morgan fingerprint density at radius 1 is 1.26 bits per heavy atom. The molecule has 0 aromatic heterocycles. The molecule has 0 saturated heterocycles. The zero-order chi connectivity index (χ0) is 16.2. The minimum absolute atomic E-state index is 0.162. The summed E-state index contributed by atoms with van der Waals surface area (Å²) in [5, 5.41) is 14.5. The fraction of sp³-hybridized carbons (Fsp3) is 0.333. The highest BCUT2D eigenvalue weighted by Gasteiger charge is 2.31. The van der Waals surface area contributed by atoms with Crippen molar-refractivity contribution in [3.63, 3.8) is 0 Å². The molecule has 2 aromatic rings. The van der Waals surface area contributed by atoms with Gasteiger partial charge in [-0.3, -0.25) is 0 Å². The molecular weight excluding hydrogens is 312 g/mol. The molecule has 3 rings (SSSR count). The van der Waals surface area contributed by atoms with Gasteiger partial charge in [-0.15, -0.1) is 0 Å². The first-order valence-corrected chi connectivity index (χ1v) is 8.15. The molecule has 5 heteroatoms. The molecule has 122 valence electrons. The van der Waals surface area contributed by atoms with E-state index in [-0.39, 0.29) is 6.04 Å². The van der Waals surface area contributed by atoms with Gasteiger partial charge in [-0.2, -0.15) is 0 Å². The van der Waals surface area contributed by atoms with Crippen molar-refractivity contribution in [3.8, 4) is 5.75 Å². The molecule has 4 nitrogen and oxygen atoms in total. The van der Waals surface area contributed by atoms with Crippen molar-refractivity contribution in [3.05, 3.63) is 59.1 Å². The summed E-state index contributed by atoms with van der Waals surface area (Å²) < 4.78 is 5.74. The number of likely N-dealkylation sites (N-methyl/N-ethyl adjacent to an activating group) is 1. The number of nitrogens with one attached hydrogen (secondary N) is 1. The number of anilines is 1. The first kappa shape index (κ1) is 16.1. The first-order valence-electron chi connectivity index (χ1n) is 7.77. The molecule has 0 fully saturated rings. The van der Waals surface area contributed by atoms with Crippen molar-refractivity contribution in [2.75, 3.05) is 31.6 Å². The minimum Gasteiger partial charge on any atom is -0.490 e. The number of hydrogen-bond donors (Lipinski definition) is 2. The number of aliphatic hydroxyl groups excluding tert-OH is 1. The van der Waals surface area contributed by atoms with Gasteiger partial charge in [0, 0.05) is 11.6 Å². The number of ether oxygens (including phenoxy) is 1. The Balaban J connectivity index is 2.03. The standard InChI is InChI=1S/C18H21ClN2O2/c1-20-12-16(22)18(13-5-3-2-4-6-13)21-9-10-23-17-8-7-14(19)11-15(17)21/h2-8,11,16,18,20,22H,9-10,12H2,1H3/t16-,18+/m1/s1. The Bertz CT molecular complexity index is 651. The third kappa shape index (κ3) is 3.44. The van der Waals surface area contributed by atoms with Crippen LogP contribution in [-0.4, -0.2) is 38.0 Å². The lowest BCUT2D eigenvalue weighted by Crippen LogP contribution is -2.44. The molecule has 0 radical (unpaired) electrons. The maximum Gasteiger partial charge on any atom is 0.142 e. The molecule has 0 spiro atoms. The quantitative estimate of drug-likeness (QED) is 0.883. The third-order valence-electron chi connectivity index (χ3n) is 4.07. The summed E-state index contributed by atoms with van der Waals surface area (Å²) in [4.78, 5) is 2.18. The summed E-state index contributed by atoms with van der Waals surface area (Å²) in [7, 11) is 1.84. The normalized spacial score (nSPS) is 16.4. The number of benzene rings is 2. The van der Waals surface area contributed by atoms with Gasteiger partial charge in [0.1, 0.15) is 12.4 Å². The fourth-order valence-electron chi connectivity index (χ4n) is 3.08. The largest absolute Gasteiger partial charge is 0.490 e. The summed E-state index contributed by atoms with van der Waals surface area (Å²) in [5.74, 6) is 0.804. The molecule has 1 aliphatic heterocycles. The number of halogens is 1. The number of nitrogens with zero attached hydrogens (tertiary/aromatic N) is 1. The van der Waals surface area contributed by atoms with Crippen LogP contribution in [0.15, 0.2) is 48.5 Å². The van der Waals surface area contributed by atoms with Gasteiger partial charge >= 0.3 is 0 Å². The summed E-state index contributed by atoms with van der Waals surface area (Å²) >= 11 is 6.18. The second-order valence-corrected chi connectivity index (χ2v) is 6.07. The van der Waals surface area contributed by atoms with Gasteiger partial charge < -0.3 is 20.1 Å². The van der Waals surface area contributed by atoms with Gasteiger partial charge in [-0.1, -0.05) is 41.9 Å². The molecule has 0 bridgehead atoms. The molecule has 1 aliphatic rings. The van der Waals surface area contributed by atoms with Crippen LogP contribution >= 0.6 is 11.6 Å². The average molecular weight is 333 g/mol. The average Bonchev–Trinajstić information content (AvgIpc) is 2.57. The van der Waals surface area contributed by atoms with Gasteiger partial charge in [-0.05, 0) is 30.8 Å². The maximum atomic E-state index is 10.7. The lowest BCUT2D eigenvalue weighted by molar-refractivity contribution is 0.135. The molecule has 1 heterocycles. The Hall–Kier alpha value is -1.75. The Morgan fingerprint density at radius 2 is 2.04 bits per heavy atom. The number of rotatable bonds is 5. The van der Waals surface area contributed by atoms with Gasteiger partial charge in [0.05, 0.1) is 24.4 Å². The number of fused-ring (bicyclic) bond motifs is 1. The van der Waals surface area contributed by atoms with E-state index in [1.54, 1.807) is 0 Å². The van der Waals surface area contributed by atoms with Crippen molar-refractivity contribution in [2.45, 2.75) is 12.1 Å². The van der Waals surface area contributed by atoms with E-state index >= 15 is 0 Å². The number of aliphatic hydroxyl groups is 1. The summed E-state index contributed by atoms with van der Waals surface area (Å²) in [6, 6.07) is 15.5. The predicted octanol–water partition coefficient (Wildman–Crippen LogP) is 2.86. The van der Waals surface area contributed by atoms with Crippen molar-refractivity contribution in [2.24, 2.45) is 0 Å². The Labute approximate surface area is 141 Å².